The number of rotatable bonds is 11. The molecule has 10 rings (SSSR count). The average Bonchev–Trinajstić information content (AvgIpc) is 3.91. The highest BCUT2D eigenvalue weighted by atomic mass is 16.5. The van der Waals surface area contributed by atoms with E-state index in [1.807, 2.05) is 123 Å². The zero-order valence-corrected chi connectivity index (χ0v) is 34.1. The van der Waals surface area contributed by atoms with Gasteiger partial charge in [-0.3, -0.25) is 4.79 Å². The molecule has 1 amide bonds. The number of anilines is 2. The number of piperidine rings is 2. The van der Waals surface area contributed by atoms with E-state index in [-0.39, 0.29) is 18.0 Å². The highest BCUT2D eigenvalue weighted by Crippen LogP contribution is 2.41. The fourth-order valence-corrected chi connectivity index (χ4v) is 8.84. The predicted molar refractivity (Wildman–Crippen MR) is 238 cm³/mol. The molecule has 2 saturated heterocycles. The Morgan fingerprint density at radius 2 is 1.08 bits per heavy atom. The van der Waals surface area contributed by atoms with Gasteiger partial charge < -0.3 is 30.7 Å². The molecule has 0 unspecified atom stereocenters. The van der Waals surface area contributed by atoms with Crippen molar-refractivity contribution in [3.63, 3.8) is 0 Å². The van der Waals surface area contributed by atoms with Crippen molar-refractivity contribution in [2.45, 2.75) is 44.2 Å². The molecule has 0 saturated carbocycles. The van der Waals surface area contributed by atoms with Crippen LogP contribution in [0.25, 0.3) is 44.6 Å². The van der Waals surface area contributed by atoms with E-state index in [2.05, 4.69) is 19.9 Å². The lowest BCUT2D eigenvalue weighted by Gasteiger charge is -2.35. The quantitative estimate of drug-likeness (QED) is 0.129. The molecule has 2 fully saturated rings. The number of ether oxygens (including phenoxy) is 2. The first-order chi connectivity index (χ1) is 30.5. The molecule has 0 bridgehead atoms. The van der Waals surface area contributed by atoms with Gasteiger partial charge in [-0.1, -0.05) is 60.7 Å². The first-order valence-corrected chi connectivity index (χ1v) is 21.1. The van der Waals surface area contributed by atoms with Crippen LogP contribution in [0.4, 0.5) is 11.6 Å². The summed E-state index contributed by atoms with van der Waals surface area (Å²) in [4.78, 5) is 36.4. The van der Waals surface area contributed by atoms with Crippen molar-refractivity contribution in [1.29, 1.82) is 0 Å². The fraction of sp³-hybridized carbons (Fsp3) is 0.255. The van der Waals surface area contributed by atoms with Crippen LogP contribution in [0.2, 0.25) is 0 Å². The molecular formula is C47H46N12O3. The van der Waals surface area contributed by atoms with E-state index in [1.54, 1.807) is 0 Å². The van der Waals surface area contributed by atoms with E-state index < -0.39 is 0 Å². The van der Waals surface area contributed by atoms with Gasteiger partial charge in [-0.05, 0) is 80.8 Å². The predicted octanol–water partition coefficient (Wildman–Crippen LogP) is 7.94. The van der Waals surface area contributed by atoms with Crippen LogP contribution < -0.4 is 20.9 Å². The van der Waals surface area contributed by atoms with Gasteiger partial charge in [-0.25, -0.2) is 29.3 Å². The third-order valence-electron chi connectivity index (χ3n) is 11.8. The Bertz CT molecular complexity index is 2870. The standard InChI is InChI=1S/C47H46N12O3/c48-44-40-42(35-19-7-9-21-37(35)61-33-15-3-1-4-16-33)54-58(46(40)52-29-50-44)31-13-11-24-56(27-31)26-23-39(60)57-25-12-14-32(28-57)59-47-41(45(49)51-30-53-47)43(55-59)36-20-8-10-22-38(36)62-34-17-5-2-6-18-34/h1-10,15-22,29-32H,11-14,23-28H2,(H2,48,50,52)(H2,49,51,53)/t31-,32-/m1/s1. The Morgan fingerprint density at radius 1 is 0.597 bits per heavy atom. The molecule has 62 heavy (non-hydrogen) atoms. The second kappa shape index (κ2) is 16.9. The number of para-hydroxylation sites is 4. The van der Waals surface area contributed by atoms with E-state index in [0.29, 0.717) is 88.4 Å². The summed E-state index contributed by atoms with van der Waals surface area (Å²) < 4.78 is 16.6. The molecule has 4 N–H and O–H groups in total. The molecule has 0 aliphatic carbocycles. The molecule has 2 aliphatic rings. The molecule has 15 nitrogen and oxygen atoms in total. The van der Waals surface area contributed by atoms with E-state index in [4.69, 9.17) is 36.1 Å². The fourth-order valence-electron chi connectivity index (χ4n) is 8.84. The molecule has 4 aromatic heterocycles. The lowest BCUT2D eigenvalue weighted by Crippen LogP contribution is -2.43. The normalized spacial score (nSPS) is 17.1. The maximum absolute atomic E-state index is 14.0. The van der Waals surface area contributed by atoms with Gasteiger partial charge in [0.25, 0.3) is 0 Å². The van der Waals surface area contributed by atoms with Crippen LogP contribution in [0.3, 0.4) is 0 Å². The maximum Gasteiger partial charge on any atom is 0.223 e. The summed E-state index contributed by atoms with van der Waals surface area (Å²) in [5, 5.41) is 11.7. The number of amides is 1. The molecule has 0 radical (unpaired) electrons. The van der Waals surface area contributed by atoms with Crippen LogP contribution in [-0.4, -0.2) is 87.9 Å². The Labute approximate surface area is 357 Å². The molecule has 15 heteroatoms. The summed E-state index contributed by atoms with van der Waals surface area (Å²) in [5.74, 6) is 3.56. The van der Waals surface area contributed by atoms with Gasteiger partial charge in [0.2, 0.25) is 5.91 Å². The van der Waals surface area contributed by atoms with Crippen molar-refractivity contribution in [2.75, 3.05) is 44.2 Å². The Morgan fingerprint density at radius 3 is 1.63 bits per heavy atom. The van der Waals surface area contributed by atoms with Crippen LogP contribution >= 0.6 is 0 Å². The topological polar surface area (TPSA) is 181 Å². The minimum Gasteiger partial charge on any atom is -0.457 e. The number of fused-ring (bicyclic) bond motifs is 2. The third-order valence-corrected chi connectivity index (χ3v) is 11.8. The maximum atomic E-state index is 14.0. The van der Waals surface area contributed by atoms with Crippen LogP contribution in [0, 0.1) is 0 Å². The molecule has 2 atom stereocenters. The number of likely N-dealkylation sites (tertiary alicyclic amines) is 2. The Hall–Kier alpha value is -7.39. The second-order valence-corrected chi connectivity index (χ2v) is 15.8. The Balaban J connectivity index is 0.850. The highest BCUT2D eigenvalue weighted by molar-refractivity contribution is 6.00. The first-order valence-electron chi connectivity index (χ1n) is 21.1. The number of aromatic nitrogens is 8. The van der Waals surface area contributed by atoms with Crippen molar-refractivity contribution in [3.8, 4) is 45.5 Å². The number of hydrogen-bond donors (Lipinski definition) is 2. The van der Waals surface area contributed by atoms with Crippen LogP contribution in [-0.2, 0) is 4.79 Å². The molecular weight excluding hydrogens is 781 g/mol. The van der Waals surface area contributed by atoms with Crippen molar-refractivity contribution >= 4 is 39.6 Å². The van der Waals surface area contributed by atoms with Gasteiger partial charge in [0.15, 0.2) is 11.3 Å². The number of benzene rings is 4. The zero-order valence-electron chi connectivity index (χ0n) is 34.1. The van der Waals surface area contributed by atoms with Gasteiger partial charge >= 0.3 is 0 Å². The second-order valence-electron chi connectivity index (χ2n) is 15.8. The van der Waals surface area contributed by atoms with Crippen LogP contribution in [0.5, 0.6) is 23.0 Å². The SMILES string of the molecule is Nc1ncnc2c1c(-c1ccccc1Oc1ccccc1)nn2[C@@H]1CCCN(CCC(=O)N2CCC[C@@H](n3nc(-c4ccccc4Oc4ccccc4)c4c(N)ncnc43)C2)C1. The number of carbonyl (C=O) groups excluding carboxylic acids is 1. The van der Waals surface area contributed by atoms with E-state index in [0.717, 1.165) is 55.6 Å². The van der Waals surface area contributed by atoms with Gasteiger partial charge in [0.05, 0.1) is 22.9 Å². The minimum atomic E-state index is -0.0974. The first kappa shape index (κ1) is 38.8. The summed E-state index contributed by atoms with van der Waals surface area (Å²) in [5.41, 5.74) is 17.3. The zero-order chi connectivity index (χ0) is 42.0. The average molecular weight is 827 g/mol. The lowest BCUT2D eigenvalue weighted by atomic mass is 10.0. The van der Waals surface area contributed by atoms with Crippen molar-refractivity contribution in [3.05, 3.63) is 122 Å². The van der Waals surface area contributed by atoms with Gasteiger partial charge in [0.1, 0.15) is 58.7 Å². The molecule has 8 aromatic rings. The number of nitrogens with zero attached hydrogens (tertiary/aromatic N) is 10. The van der Waals surface area contributed by atoms with Gasteiger partial charge in [-0.15, -0.1) is 0 Å². The molecule has 2 aliphatic heterocycles. The summed E-state index contributed by atoms with van der Waals surface area (Å²) >= 11 is 0. The number of carbonyl (C=O) groups is 1. The van der Waals surface area contributed by atoms with Gasteiger partial charge in [-0.2, -0.15) is 10.2 Å². The molecule has 4 aromatic carbocycles. The number of nitrogens with two attached hydrogens (primary N) is 2. The molecule has 312 valence electrons. The number of hydrogen-bond acceptors (Lipinski definition) is 12. The number of nitrogen functional groups attached to an aromatic ring is 2. The molecule has 0 spiro atoms. The summed E-state index contributed by atoms with van der Waals surface area (Å²) in [6, 6.07) is 34.8. The van der Waals surface area contributed by atoms with E-state index >= 15 is 0 Å². The highest BCUT2D eigenvalue weighted by Gasteiger charge is 2.31. The van der Waals surface area contributed by atoms with E-state index in [1.165, 1.54) is 12.7 Å². The lowest BCUT2D eigenvalue weighted by molar-refractivity contribution is -0.133. The largest absolute Gasteiger partial charge is 0.457 e. The van der Waals surface area contributed by atoms with E-state index in [9.17, 15) is 4.79 Å². The summed E-state index contributed by atoms with van der Waals surface area (Å²) in [6.07, 6.45) is 6.91. The third kappa shape index (κ3) is 7.62. The summed E-state index contributed by atoms with van der Waals surface area (Å²) in [7, 11) is 0. The van der Waals surface area contributed by atoms with Crippen LogP contribution in [0.15, 0.2) is 122 Å². The minimum absolute atomic E-state index is 0.0194. The Kier molecular flexibility index (Phi) is 10.6. The molecule has 6 heterocycles. The van der Waals surface area contributed by atoms with Crippen molar-refractivity contribution < 1.29 is 14.3 Å². The van der Waals surface area contributed by atoms with Crippen LogP contribution in [0.1, 0.15) is 44.2 Å². The monoisotopic (exact) mass is 826 g/mol. The van der Waals surface area contributed by atoms with Crippen molar-refractivity contribution in [1.82, 2.24) is 49.3 Å². The summed E-state index contributed by atoms with van der Waals surface area (Å²) in [6.45, 7) is 3.44. The van der Waals surface area contributed by atoms with Gasteiger partial charge in [0, 0.05) is 43.7 Å². The van der Waals surface area contributed by atoms with Crippen molar-refractivity contribution in [2.24, 2.45) is 0 Å². The smallest absolute Gasteiger partial charge is 0.223 e.